The highest BCUT2D eigenvalue weighted by atomic mass is 16.7. The first-order valence-electron chi connectivity index (χ1n) is 11.5. The fraction of sp³-hybridized carbons (Fsp3) is 0.762. The predicted octanol–water partition coefficient (Wildman–Crippen LogP) is -0.404. The summed E-state index contributed by atoms with van der Waals surface area (Å²) in [7, 11) is 0. The van der Waals surface area contributed by atoms with E-state index in [1.54, 1.807) is 13.8 Å². The Morgan fingerprint density at radius 2 is 1.71 bits per heavy atom. The van der Waals surface area contributed by atoms with Gasteiger partial charge in [-0.1, -0.05) is 13.8 Å². The zero-order chi connectivity index (χ0) is 26.7. The molecule has 0 aromatic heterocycles. The fourth-order valence-corrected chi connectivity index (χ4v) is 3.06. The molecule has 1 fully saturated rings. The van der Waals surface area contributed by atoms with Crippen molar-refractivity contribution in [3.8, 4) is 0 Å². The second kappa shape index (κ2) is 14.2. The quantitative estimate of drug-likeness (QED) is 0.129. The van der Waals surface area contributed by atoms with Crippen molar-refractivity contribution in [2.75, 3.05) is 19.8 Å². The van der Waals surface area contributed by atoms with Gasteiger partial charge >= 0.3 is 12.2 Å². The average molecular weight is 503 g/mol. The van der Waals surface area contributed by atoms with Crippen LogP contribution in [0.25, 0.3) is 0 Å². The Morgan fingerprint density at radius 3 is 2.29 bits per heavy atom. The molecule has 35 heavy (non-hydrogen) atoms. The van der Waals surface area contributed by atoms with Gasteiger partial charge in [0, 0.05) is 6.54 Å². The molecule has 3 amide bonds. The minimum absolute atomic E-state index is 0.0584. The molecule has 1 rings (SSSR count). The maximum absolute atomic E-state index is 12.8. The number of ether oxygens (including phenoxy) is 3. The van der Waals surface area contributed by atoms with Crippen LogP contribution in [0.3, 0.4) is 0 Å². The number of amides is 3. The smallest absolute Gasteiger partial charge is 0.449 e. The molecule has 1 heterocycles. The number of aliphatic hydroxyl groups excluding tert-OH is 1. The van der Waals surface area contributed by atoms with Crippen molar-refractivity contribution in [1.29, 1.82) is 5.41 Å². The minimum Gasteiger partial charge on any atom is -0.449 e. The third kappa shape index (κ3) is 10.7. The number of alkyl carbamates (subject to hydrolysis) is 1. The molecule has 0 spiro atoms. The van der Waals surface area contributed by atoms with E-state index in [1.165, 1.54) is 11.8 Å². The molecule has 14 nitrogen and oxygen atoms in total. The van der Waals surface area contributed by atoms with Crippen molar-refractivity contribution in [3.05, 3.63) is 0 Å². The summed E-state index contributed by atoms with van der Waals surface area (Å²) in [6.45, 7) is 8.25. The van der Waals surface area contributed by atoms with Crippen molar-refractivity contribution in [1.82, 2.24) is 20.9 Å². The molecule has 0 aromatic carbocycles. The Labute approximate surface area is 204 Å². The van der Waals surface area contributed by atoms with Crippen LogP contribution in [-0.4, -0.2) is 90.2 Å². The van der Waals surface area contributed by atoms with Gasteiger partial charge in [-0.05, 0) is 39.5 Å². The number of carbonyl (C=O) groups is 4. The summed E-state index contributed by atoms with van der Waals surface area (Å²) in [5, 5.41) is 25.2. The summed E-state index contributed by atoms with van der Waals surface area (Å²) < 4.78 is 14.8. The normalized spacial score (nSPS) is 19.4. The molecule has 0 radical (unpaired) electrons. The summed E-state index contributed by atoms with van der Waals surface area (Å²) in [4.78, 5) is 50.4. The molecule has 14 heteroatoms. The molecule has 1 saturated heterocycles. The maximum Gasteiger partial charge on any atom is 0.508 e. The lowest BCUT2D eigenvalue weighted by molar-refractivity contribution is -0.131. The molecule has 3 unspecified atom stereocenters. The first kappa shape index (κ1) is 29.7. The highest BCUT2D eigenvalue weighted by Gasteiger charge is 2.33. The van der Waals surface area contributed by atoms with E-state index in [2.05, 4.69) is 16.0 Å². The van der Waals surface area contributed by atoms with E-state index in [0.717, 1.165) is 0 Å². The van der Waals surface area contributed by atoms with Gasteiger partial charge in [0.25, 0.3) is 0 Å². The Bertz CT molecular complexity index is 762. The molecule has 4 atom stereocenters. The lowest BCUT2D eigenvalue weighted by atomic mass is 10.0. The number of hydrogen-bond acceptors (Lipinski definition) is 9. The van der Waals surface area contributed by atoms with Crippen LogP contribution < -0.4 is 21.7 Å². The zero-order valence-corrected chi connectivity index (χ0v) is 20.8. The predicted molar refractivity (Wildman–Crippen MR) is 124 cm³/mol. The summed E-state index contributed by atoms with van der Waals surface area (Å²) in [5.41, 5.74) is 5.45. The van der Waals surface area contributed by atoms with E-state index < -0.39 is 61.1 Å². The Hall–Kier alpha value is -3.29. The van der Waals surface area contributed by atoms with Gasteiger partial charge < -0.3 is 45.9 Å². The molecule has 1 aliphatic heterocycles. The van der Waals surface area contributed by atoms with E-state index in [0.29, 0.717) is 19.4 Å². The van der Waals surface area contributed by atoms with Crippen LogP contribution in [0.15, 0.2) is 0 Å². The maximum atomic E-state index is 12.8. The number of piperidine rings is 1. The number of nitrogens with zero attached hydrogens (tertiary/aromatic N) is 1. The number of rotatable bonds is 10. The van der Waals surface area contributed by atoms with Crippen LogP contribution in [0.4, 0.5) is 9.59 Å². The highest BCUT2D eigenvalue weighted by molar-refractivity contribution is 5.91. The van der Waals surface area contributed by atoms with E-state index in [-0.39, 0.29) is 18.5 Å². The van der Waals surface area contributed by atoms with Crippen molar-refractivity contribution in [2.45, 2.75) is 77.9 Å². The molecule has 0 aromatic rings. The first-order valence-corrected chi connectivity index (χ1v) is 11.5. The number of likely N-dealkylation sites (tertiary alicyclic amines) is 1. The van der Waals surface area contributed by atoms with Crippen molar-refractivity contribution < 1.29 is 38.5 Å². The first-order chi connectivity index (χ1) is 16.3. The molecule has 7 N–H and O–H groups in total. The third-order valence-corrected chi connectivity index (χ3v) is 4.84. The Balaban J connectivity index is 2.76. The van der Waals surface area contributed by atoms with E-state index in [9.17, 15) is 24.3 Å². The summed E-state index contributed by atoms with van der Waals surface area (Å²) in [6.07, 6.45) is -2.50. The Morgan fingerprint density at radius 1 is 1.06 bits per heavy atom. The summed E-state index contributed by atoms with van der Waals surface area (Å²) in [5.74, 6) is -1.66. The Kier molecular flexibility index (Phi) is 12.1. The van der Waals surface area contributed by atoms with Crippen LogP contribution >= 0.6 is 0 Å². The van der Waals surface area contributed by atoms with Crippen LogP contribution in [0.5, 0.6) is 0 Å². The number of nitrogens with two attached hydrogens (primary N) is 1. The molecule has 200 valence electrons. The van der Waals surface area contributed by atoms with Gasteiger partial charge in [0.1, 0.15) is 24.9 Å². The van der Waals surface area contributed by atoms with Crippen LogP contribution in [0.1, 0.15) is 47.5 Å². The van der Waals surface area contributed by atoms with Gasteiger partial charge in [0.2, 0.25) is 11.8 Å². The minimum atomic E-state index is -1.36. The summed E-state index contributed by atoms with van der Waals surface area (Å²) in [6, 6.07) is -3.13. The fourth-order valence-electron chi connectivity index (χ4n) is 3.06. The van der Waals surface area contributed by atoms with Gasteiger partial charge in [0.15, 0.2) is 5.96 Å². The average Bonchev–Trinajstić information content (AvgIpc) is 2.75. The standard InChI is InChI=1S/C21H38N6O8/c1-11(2)9-33-20(31)26-15(10-34-21(32)35-12(3)4)17(29)24-13(5)16(28)25-14-7-6-8-27(18(14)30)19(22)23/h11-15,18,30H,6-10H2,1-5H3,(H3,22,23)(H,24,29)(H,25,28)(H,26,31)/t13-,14?,15?,18?/m0/s1. The van der Waals surface area contributed by atoms with Gasteiger partial charge in [-0.3, -0.25) is 15.0 Å². The van der Waals surface area contributed by atoms with Gasteiger partial charge in [-0.2, -0.15) is 0 Å². The van der Waals surface area contributed by atoms with E-state index in [1.807, 2.05) is 13.8 Å². The van der Waals surface area contributed by atoms with Crippen LogP contribution in [0, 0.1) is 11.3 Å². The molecular formula is C21H38N6O8. The van der Waals surface area contributed by atoms with Crippen LogP contribution in [-0.2, 0) is 23.8 Å². The van der Waals surface area contributed by atoms with E-state index in [4.69, 9.17) is 25.4 Å². The second-order valence-corrected chi connectivity index (χ2v) is 8.90. The number of hydrogen-bond donors (Lipinski definition) is 6. The van der Waals surface area contributed by atoms with Crippen molar-refractivity contribution in [3.63, 3.8) is 0 Å². The molecular weight excluding hydrogens is 464 g/mol. The second-order valence-electron chi connectivity index (χ2n) is 8.90. The van der Waals surface area contributed by atoms with Gasteiger partial charge in [-0.25, -0.2) is 9.59 Å². The van der Waals surface area contributed by atoms with Gasteiger partial charge in [-0.15, -0.1) is 0 Å². The number of aliphatic hydroxyl groups is 1. The monoisotopic (exact) mass is 502 g/mol. The topological polar surface area (TPSA) is 205 Å². The summed E-state index contributed by atoms with van der Waals surface area (Å²) >= 11 is 0. The number of guanidine groups is 1. The number of carbonyl (C=O) groups excluding carboxylic acids is 4. The van der Waals surface area contributed by atoms with Gasteiger partial charge in [0.05, 0.1) is 18.8 Å². The number of nitrogens with one attached hydrogen (secondary N) is 4. The molecule has 0 bridgehead atoms. The zero-order valence-electron chi connectivity index (χ0n) is 20.8. The molecule has 0 saturated carbocycles. The third-order valence-electron chi connectivity index (χ3n) is 4.84. The highest BCUT2D eigenvalue weighted by Crippen LogP contribution is 2.15. The molecule has 0 aliphatic carbocycles. The lowest BCUT2D eigenvalue weighted by Crippen LogP contribution is -2.61. The van der Waals surface area contributed by atoms with Crippen LogP contribution in [0.2, 0.25) is 0 Å². The van der Waals surface area contributed by atoms with Crippen molar-refractivity contribution >= 4 is 30.0 Å². The van der Waals surface area contributed by atoms with E-state index >= 15 is 0 Å². The SMILES string of the molecule is CC(C)COC(=O)NC(COC(=O)OC(C)C)C(=O)N[C@@H](C)C(=O)NC1CCCN(C(=N)N)C1O. The molecule has 1 aliphatic rings. The van der Waals surface area contributed by atoms with Crippen molar-refractivity contribution in [2.24, 2.45) is 11.7 Å². The lowest BCUT2D eigenvalue weighted by Gasteiger charge is -2.38. The largest absolute Gasteiger partial charge is 0.508 e.